The van der Waals surface area contributed by atoms with Gasteiger partial charge in [0.25, 0.3) is 0 Å². The number of hydrogen-bond donors (Lipinski definition) is 1. The van der Waals surface area contributed by atoms with E-state index < -0.39 is 0 Å². The van der Waals surface area contributed by atoms with E-state index in [1.54, 1.807) is 0 Å². The number of fused-ring (bicyclic) bond motifs is 2. The van der Waals surface area contributed by atoms with Crippen molar-refractivity contribution in [3.8, 4) is 0 Å². The molecule has 2 unspecified atom stereocenters. The van der Waals surface area contributed by atoms with Gasteiger partial charge in [0.15, 0.2) is 0 Å². The van der Waals surface area contributed by atoms with Crippen molar-refractivity contribution in [3.63, 3.8) is 0 Å². The lowest BCUT2D eigenvalue weighted by Crippen LogP contribution is -2.56. The Morgan fingerprint density at radius 2 is 2.00 bits per heavy atom. The second-order valence-electron chi connectivity index (χ2n) is 6.36. The highest BCUT2D eigenvalue weighted by Gasteiger charge is 2.38. The molecule has 0 radical (unpaired) electrons. The lowest BCUT2D eigenvalue weighted by atomic mass is 9.81. The van der Waals surface area contributed by atoms with Crippen LogP contribution in [-0.4, -0.2) is 24.7 Å². The van der Waals surface area contributed by atoms with Crippen molar-refractivity contribution in [1.82, 2.24) is 5.32 Å². The Labute approximate surface area is 141 Å². The lowest BCUT2D eigenvalue weighted by molar-refractivity contribution is 0.245. The monoisotopic (exact) mass is 370 g/mol. The molecule has 0 amide bonds. The molecule has 0 spiro atoms. The van der Waals surface area contributed by atoms with Crippen LogP contribution in [0.5, 0.6) is 0 Å². The number of anilines is 1. The summed E-state index contributed by atoms with van der Waals surface area (Å²) in [6, 6.07) is 8.25. The van der Waals surface area contributed by atoms with Crippen molar-refractivity contribution in [1.29, 1.82) is 0 Å². The highest BCUT2D eigenvalue weighted by molar-refractivity contribution is 9.10. The van der Waals surface area contributed by atoms with Gasteiger partial charge in [-0.05, 0) is 79.2 Å². The number of nitrogens with one attached hydrogen (secondary N) is 1. The standard InChI is InChI=1S/C17H24BrClN2/c1-2-8-20-13-10-14-4-3-5-15(11-13)21(14)17-7-6-12(19)9-16(17)18/h6-7,9,13-15,20H,2-5,8,10-11H2,1H3. The average molecular weight is 372 g/mol. The molecule has 2 heterocycles. The summed E-state index contributed by atoms with van der Waals surface area (Å²) in [6.07, 6.45) is 7.76. The first kappa shape index (κ1) is 15.6. The molecule has 0 saturated carbocycles. The first-order valence-electron chi connectivity index (χ1n) is 8.15. The molecule has 0 aromatic heterocycles. The van der Waals surface area contributed by atoms with Crippen LogP contribution in [-0.2, 0) is 0 Å². The van der Waals surface area contributed by atoms with Crippen LogP contribution < -0.4 is 10.2 Å². The van der Waals surface area contributed by atoms with Crippen molar-refractivity contribution >= 4 is 33.2 Å². The fourth-order valence-corrected chi connectivity index (χ4v) is 4.87. The molecule has 116 valence electrons. The van der Waals surface area contributed by atoms with E-state index in [2.05, 4.69) is 39.1 Å². The molecule has 2 atom stereocenters. The number of rotatable bonds is 4. The van der Waals surface area contributed by atoms with E-state index in [0.29, 0.717) is 18.1 Å². The Morgan fingerprint density at radius 3 is 2.62 bits per heavy atom. The van der Waals surface area contributed by atoms with Gasteiger partial charge < -0.3 is 10.2 Å². The van der Waals surface area contributed by atoms with Crippen LogP contribution in [0.15, 0.2) is 22.7 Å². The molecular formula is C17H24BrClN2. The van der Waals surface area contributed by atoms with Crippen molar-refractivity contribution in [2.45, 2.75) is 63.6 Å². The summed E-state index contributed by atoms with van der Waals surface area (Å²) in [6.45, 7) is 3.39. The topological polar surface area (TPSA) is 15.3 Å². The second kappa shape index (κ2) is 6.89. The van der Waals surface area contributed by atoms with Crippen LogP contribution in [0.1, 0.15) is 45.4 Å². The van der Waals surface area contributed by atoms with E-state index in [1.165, 1.54) is 44.2 Å². The molecule has 21 heavy (non-hydrogen) atoms. The molecule has 2 saturated heterocycles. The Hall–Kier alpha value is -0.250. The number of benzene rings is 1. The van der Waals surface area contributed by atoms with Gasteiger partial charge in [-0.3, -0.25) is 0 Å². The molecule has 1 aromatic carbocycles. The first-order chi connectivity index (χ1) is 10.2. The van der Waals surface area contributed by atoms with E-state index in [0.717, 1.165) is 16.0 Å². The third-order valence-electron chi connectivity index (χ3n) is 4.85. The Kier molecular flexibility index (Phi) is 5.13. The summed E-state index contributed by atoms with van der Waals surface area (Å²) in [7, 11) is 0. The number of halogens is 2. The van der Waals surface area contributed by atoms with E-state index in [1.807, 2.05) is 12.1 Å². The van der Waals surface area contributed by atoms with Gasteiger partial charge in [0, 0.05) is 27.6 Å². The van der Waals surface area contributed by atoms with Gasteiger partial charge in [-0.15, -0.1) is 0 Å². The van der Waals surface area contributed by atoms with Crippen LogP contribution in [0.2, 0.25) is 5.02 Å². The van der Waals surface area contributed by atoms with E-state index in [4.69, 9.17) is 11.6 Å². The van der Waals surface area contributed by atoms with Crippen LogP contribution >= 0.6 is 27.5 Å². The van der Waals surface area contributed by atoms with Gasteiger partial charge in [0.2, 0.25) is 0 Å². The zero-order valence-corrected chi connectivity index (χ0v) is 15.0. The molecule has 4 heteroatoms. The minimum Gasteiger partial charge on any atom is -0.365 e. The van der Waals surface area contributed by atoms with Crippen LogP contribution in [0.4, 0.5) is 5.69 Å². The third-order valence-corrected chi connectivity index (χ3v) is 5.72. The second-order valence-corrected chi connectivity index (χ2v) is 7.65. The van der Waals surface area contributed by atoms with E-state index in [-0.39, 0.29) is 0 Å². The van der Waals surface area contributed by atoms with E-state index in [9.17, 15) is 0 Å². The molecule has 2 aliphatic heterocycles. The number of nitrogens with zero attached hydrogens (tertiary/aromatic N) is 1. The zero-order chi connectivity index (χ0) is 14.8. The highest BCUT2D eigenvalue weighted by atomic mass is 79.9. The van der Waals surface area contributed by atoms with Gasteiger partial charge in [0.1, 0.15) is 0 Å². The van der Waals surface area contributed by atoms with Gasteiger partial charge >= 0.3 is 0 Å². The molecule has 0 aliphatic carbocycles. The summed E-state index contributed by atoms with van der Waals surface area (Å²) >= 11 is 9.80. The van der Waals surface area contributed by atoms with Crippen LogP contribution in [0, 0.1) is 0 Å². The predicted molar refractivity (Wildman–Crippen MR) is 94.4 cm³/mol. The summed E-state index contributed by atoms with van der Waals surface area (Å²) in [5, 5.41) is 4.54. The molecule has 2 aliphatic rings. The maximum absolute atomic E-state index is 6.10. The Balaban J connectivity index is 1.80. The molecular weight excluding hydrogens is 348 g/mol. The molecule has 2 fully saturated rings. The van der Waals surface area contributed by atoms with Gasteiger partial charge in [-0.25, -0.2) is 0 Å². The molecule has 2 bridgehead atoms. The maximum Gasteiger partial charge on any atom is 0.0516 e. The van der Waals surface area contributed by atoms with Gasteiger partial charge in [0.05, 0.1) is 5.69 Å². The summed E-state index contributed by atoms with van der Waals surface area (Å²) in [5.74, 6) is 0. The summed E-state index contributed by atoms with van der Waals surface area (Å²) in [4.78, 5) is 2.66. The van der Waals surface area contributed by atoms with Gasteiger partial charge in [-0.1, -0.05) is 18.5 Å². The molecule has 1 N–H and O–H groups in total. The van der Waals surface area contributed by atoms with E-state index >= 15 is 0 Å². The summed E-state index contributed by atoms with van der Waals surface area (Å²) < 4.78 is 1.13. The van der Waals surface area contributed by atoms with Crippen LogP contribution in [0.3, 0.4) is 0 Å². The third kappa shape index (κ3) is 3.40. The Bertz CT molecular complexity index is 480. The molecule has 2 nitrogen and oxygen atoms in total. The number of piperidine rings is 2. The lowest BCUT2D eigenvalue weighted by Gasteiger charge is -2.50. The quantitative estimate of drug-likeness (QED) is 0.802. The van der Waals surface area contributed by atoms with Gasteiger partial charge in [-0.2, -0.15) is 0 Å². The highest BCUT2D eigenvalue weighted by Crippen LogP contribution is 2.41. The maximum atomic E-state index is 6.10. The minimum atomic E-state index is 0.671. The van der Waals surface area contributed by atoms with Crippen molar-refractivity contribution in [2.24, 2.45) is 0 Å². The minimum absolute atomic E-state index is 0.671. The molecule has 1 aromatic rings. The fourth-order valence-electron chi connectivity index (χ4n) is 3.98. The molecule has 3 rings (SSSR count). The normalized spacial score (nSPS) is 28.7. The summed E-state index contributed by atoms with van der Waals surface area (Å²) in [5.41, 5.74) is 1.32. The first-order valence-corrected chi connectivity index (χ1v) is 9.33. The fraction of sp³-hybridized carbons (Fsp3) is 0.647. The largest absolute Gasteiger partial charge is 0.365 e. The SMILES string of the molecule is CCCNC1CC2CCCC(C1)N2c1ccc(Cl)cc1Br. The smallest absolute Gasteiger partial charge is 0.0516 e. The van der Waals surface area contributed by atoms with Crippen molar-refractivity contribution in [3.05, 3.63) is 27.7 Å². The zero-order valence-electron chi connectivity index (χ0n) is 12.6. The van der Waals surface area contributed by atoms with Crippen molar-refractivity contribution < 1.29 is 0 Å². The number of hydrogen-bond acceptors (Lipinski definition) is 2. The van der Waals surface area contributed by atoms with Crippen LogP contribution in [0.25, 0.3) is 0 Å². The predicted octanol–water partition coefficient (Wildman–Crippen LogP) is 4.99. The Morgan fingerprint density at radius 1 is 1.29 bits per heavy atom. The average Bonchev–Trinajstić information content (AvgIpc) is 2.44. The van der Waals surface area contributed by atoms with Crippen molar-refractivity contribution in [2.75, 3.05) is 11.4 Å².